The van der Waals surface area contributed by atoms with Crippen molar-refractivity contribution in [2.75, 3.05) is 5.88 Å². The molecular formula is C13H15ClN2O2. The second-order valence-electron chi connectivity index (χ2n) is 4.45. The Morgan fingerprint density at radius 2 is 2.11 bits per heavy atom. The molecule has 0 radical (unpaired) electrons. The molecule has 0 aliphatic heterocycles. The number of hydrogen-bond acceptors (Lipinski definition) is 2. The van der Waals surface area contributed by atoms with E-state index in [9.17, 15) is 9.59 Å². The van der Waals surface area contributed by atoms with Crippen LogP contribution in [0, 0.1) is 0 Å². The zero-order chi connectivity index (χ0) is 13.1. The highest BCUT2D eigenvalue weighted by molar-refractivity contribution is 6.27. The van der Waals surface area contributed by atoms with E-state index in [1.165, 1.54) is 0 Å². The van der Waals surface area contributed by atoms with Crippen LogP contribution in [0.2, 0.25) is 0 Å². The summed E-state index contributed by atoms with van der Waals surface area (Å²) in [5, 5.41) is 0. The van der Waals surface area contributed by atoms with E-state index in [0.717, 1.165) is 18.4 Å². The number of primary amides is 1. The van der Waals surface area contributed by atoms with Gasteiger partial charge in [-0.25, -0.2) is 0 Å². The molecule has 1 aliphatic rings. The van der Waals surface area contributed by atoms with Crippen LogP contribution in [-0.4, -0.2) is 28.6 Å². The maximum Gasteiger partial charge on any atom is 0.248 e. The van der Waals surface area contributed by atoms with Crippen LogP contribution in [0.3, 0.4) is 0 Å². The Kier molecular flexibility index (Phi) is 3.87. The molecule has 1 aromatic rings. The van der Waals surface area contributed by atoms with Crippen LogP contribution in [-0.2, 0) is 11.3 Å². The molecule has 2 N–H and O–H groups in total. The van der Waals surface area contributed by atoms with Gasteiger partial charge >= 0.3 is 0 Å². The van der Waals surface area contributed by atoms with Crippen molar-refractivity contribution in [2.45, 2.75) is 25.4 Å². The Hall–Kier alpha value is -1.55. The molecule has 0 unspecified atom stereocenters. The molecule has 0 bridgehead atoms. The van der Waals surface area contributed by atoms with E-state index in [2.05, 4.69) is 0 Å². The molecule has 0 heterocycles. The minimum absolute atomic E-state index is 0.00793. The maximum absolute atomic E-state index is 11.7. The fourth-order valence-electron chi connectivity index (χ4n) is 1.90. The summed E-state index contributed by atoms with van der Waals surface area (Å²) >= 11 is 5.60. The van der Waals surface area contributed by atoms with E-state index < -0.39 is 5.91 Å². The summed E-state index contributed by atoms with van der Waals surface area (Å²) in [5.41, 5.74) is 6.59. The second kappa shape index (κ2) is 5.40. The molecule has 1 fully saturated rings. The molecule has 18 heavy (non-hydrogen) atoms. The van der Waals surface area contributed by atoms with Crippen LogP contribution < -0.4 is 5.73 Å². The number of hydrogen-bond donors (Lipinski definition) is 1. The van der Waals surface area contributed by atoms with E-state index in [1.54, 1.807) is 23.1 Å². The van der Waals surface area contributed by atoms with E-state index >= 15 is 0 Å². The van der Waals surface area contributed by atoms with Gasteiger partial charge in [0.05, 0.1) is 0 Å². The molecule has 1 saturated carbocycles. The Morgan fingerprint density at radius 3 is 2.67 bits per heavy atom. The Labute approximate surface area is 111 Å². The van der Waals surface area contributed by atoms with Crippen molar-refractivity contribution in [3.8, 4) is 0 Å². The third-order valence-electron chi connectivity index (χ3n) is 2.99. The number of rotatable bonds is 5. The van der Waals surface area contributed by atoms with E-state index in [4.69, 9.17) is 17.3 Å². The SMILES string of the molecule is NC(=O)c1cccc(CN(C(=O)CCl)C2CC2)c1. The molecule has 4 nitrogen and oxygen atoms in total. The van der Waals surface area contributed by atoms with Crippen molar-refractivity contribution < 1.29 is 9.59 Å². The molecule has 0 aromatic heterocycles. The van der Waals surface area contributed by atoms with Crippen LogP contribution >= 0.6 is 11.6 Å². The number of amides is 2. The number of benzene rings is 1. The first-order chi connectivity index (χ1) is 8.61. The molecule has 1 aliphatic carbocycles. The Balaban J connectivity index is 2.13. The lowest BCUT2D eigenvalue weighted by Gasteiger charge is -2.21. The molecule has 5 heteroatoms. The predicted octanol–water partition coefficient (Wildman–Crippen LogP) is 1.52. The summed E-state index contributed by atoms with van der Waals surface area (Å²) in [6, 6.07) is 7.33. The van der Waals surface area contributed by atoms with Crippen LogP contribution in [0.15, 0.2) is 24.3 Å². The van der Waals surface area contributed by atoms with Gasteiger partial charge in [-0.15, -0.1) is 11.6 Å². The summed E-state index contributed by atoms with van der Waals surface area (Å²) < 4.78 is 0. The highest BCUT2D eigenvalue weighted by atomic mass is 35.5. The third-order valence-corrected chi connectivity index (χ3v) is 3.22. The van der Waals surface area contributed by atoms with E-state index in [-0.39, 0.29) is 11.8 Å². The minimum Gasteiger partial charge on any atom is -0.366 e. The molecule has 0 atom stereocenters. The first-order valence-corrected chi connectivity index (χ1v) is 6.39. The normalized spacial score (nSPS) is 14.3. The van der Waals surface area contributed by atoms with Gasteiger partial charge in [-0.05, 0) is 30.5 Å². The fraction of sp³-hybridized carbons (Fsp3) is 0.385. The first kappa shape index (κ1) is 12.9. The molecule has 1 aromatic carbocycles. The molecule has 2 rings (SSSR count). The zero-order valence-electron chi connectivity index (χ0n) is 9.93. The molecular weight excluding hydrogens is 252 g/mol. The lowest BCUT2D eigenvalue weighted by atomic mass is 10.1. The zero-order valence-corrected chi connectivity index (χ0v) is 10.7. The lowest BCUT2D eigenvalue weighted by molar-refractivity contribution is -0.129. The predicted molar refractivity (Wildman–Crippen MR) is 69.3 cm³/mol. The average Bonchev–Trinajstić information content (AvgIpc) is 3.19. The molecule has 2 amide bonds. The highest BCUT2D eigenvalue weighted by Gasteiger charge is 2.31. The van der Waals surface area contributed by atoms with Gasteiger partial charge in [-0.2, -0.15) is 0 Å². The quantitative estimate of drug-likeness (QED) is 0.821. The van der Waals surface area contributed by atoms with Crippen molar-refractivity contribution in [1.82, 2.24) is 4.90 Å². The van der Waals surface area contributed by atoms with Gasteiger partial charge in [-0.3, -0.25) is 9.59 Å². The first-order valence-electron chi connectivity index (χ1n) is 5.86. The largest absolute Gasteiger partial charge is 0.366 e. The molecule has 96 valence electrons. The average molecular weight is 267 g/mol. The van der Waals surface area contributed by atoms with Gasteiger partial charge in [0.1, 0.15) is 5.88 Å². The number of carbonyl (C=O) groups is 2. The van der Waals surface area contributed by atoms with Crippen molar-refractivity contribution >= 4 is 23.4 Å². The van der Waals surface area contributed by atoms with Crippen LogP contribution in [0.1, 0.15) is 28.8 Å². The number of carbonyl (C=O) groups excluding carboxylic acids is 2. The van der Waals surface area contributed by atoms with E-state index in [1.807, 2.05) is 6.07 Å². The molecule has 0 spiro atoms. The van der Waals surface area contributed by atoms with Gasteiger partial charge in [0.15, 0.2) is 0 Å². The second-order valence-corrected chi connectivity index (χ2v) is 4.72. The van der Waals surface area contributed by atoms with Gasteiger partial charge in [0.2, 0.25) is 11.8 Å². The smallest absolute Gasteiger partial charge is 0.248 e. The molecule has 0 saturated heterocycles. The van der Waals surface area contributed by atoms with Crippen molar-refractivity contribution in [2.24, 2.45) is 5.73 Å². The summed E-state index contributed by atoms with van der Waals surface area (Å²) in [5.74, 6) is -0.534. The minimum atomic E-state index is -0.460. The van der Waals surface area contributed by atoms with Gasteiger partial charge in [0.25, 0.3) is 0 Å². The van der Waals surface area contributed by atoms with Crippen LogP contribution in [0.4, 0.5) is 0 Å². The summed E-state index contributed by atoms with van der Waals surface area (Å²) in [6.07, 6.45) is 2.05. The number of nitrogens with two attached hydrogens (primary N) is 1. The van der Waals surface area contributed by atoms with Crippen molar-refractivity contribution in [3.63, 3.8) is 0 Å². The van der Waals surface area contributed by atoms with Gasteiger partial charge in [-0.1, -0.05) is 12.1 Å². The van der Waals surface area contributed by atoms with E-state index in [0.29, 0.717) is 18.2 Å². The van der Waals surface area contributed by atoms with Crippen molar-refractivity contribution in [3.05, 3.63) is 35.4 Å². The fourth-order valence-corrected chi connectivity index (χ4v) is 2.06. The Bertz CT molecular complexity index is 472. The van der Waals surface area contributed by atoms with Gasteiger partial charge in [0, 0.05) is 18.2 Å². The lowest BCUT2D eigenvalue weighted by Crippen LogP contribution is -2.33. The topological polar surface area (TPSA) is 63.4 Å². The summed E-state index contributed by atoms with van der Waals surface area (Å²) in [4.78, 5) is 24.6. The highest BCUT2D eigenvalue weighted by Crippen LogP contribution is 2.28. The van der Waals surface area contributed by atoms with Crippen molar-refractivity contribution in [1.29, 1.82) is 0 Å². The van der Waals surface area contributed by atoms with Crippen LogP contribution in [0.5, 0.6) is 0 Å². The number of alkyl halides is 1. The standard InChI is InChI=1S/C13H15ClN2O2/c14-7-12(17)16(11-4-5-11)8-9-2-1-3-10(6-9)13(15)18/h1-3,6,11H,4-5,7-8H2,(H2,15,18). The monoisotopic (exact) mass is 266 g/mol. The Morgan fingerprint density at radius 1 is 1.39 bits per heavy atom. The van der Waals surface area contributed by atoms with Crippen LogP contribution in [0.25, 0.3) is 0 Å². The summed E-state index contributed by atoms with van der Waals surface area (Å²) in [6.45, 7) is 0.483. The summed E-state index contributed by atoms with van der Waals surface area (Å²) in [7, 11) is 0. The van der Waals surface area contributed by atoms with Gasteiger partial charge < -0.3 is 10.6 Å². The maximum atomic E-state index is 11.7. The number of halogens is 1. The number of nitrogens with zero attached hydrogens (tertiary/aromatic N) is 1. The third kappa shape index (κ3) is 3.01.